The molecule has 0 aliphatic carbocycles. The Morgan fingerprint density at radius 2 is 1.46 bits per heavy atom. The third-order valence-electron chi connectivity index (χ3n) is 3.27. The number of aliphatic hydroxyl groups excluding tert-OH is 1. The highest BCUT2D eigenvalue weighted by molar-refractivity contribution is 5.30. The van der Waals surface area contributed by atoms with Crippen LogP contribution in [0.25, 0.3) is 0 Å². The summed E-state index contributed by atoms with van der Waals surface area (Å²) in [4.78, 5) is 0. The van der Waals surface area contributed by atoms with Crippen molar-refractivity contribution in [3.63, 3.8) is 0 Å². The minimum atomic E-state index is -6.98. The van der Waals surface area contributed by atoms with Gasteiger partial charge in [-0.15, -0.1) is 0 Å². The van der Waals surface area contributed by atoms with Gasteiger partial charge in [0.2, 0.25) is 0 Å². The molecule has 0 amide bonds. The first kappa shape index (κ1) is 22.4. The number of benzene rings is 1. The van der Waals surface area contributed by atoms with E-state index in [2.05, 4.69) is 0 Å². The molecule has 1 aromatic rings. The van der Waals surface area contributed by atoms with Gasteiger partial charge in [0.1, 0.15) is 5.75 Å². The van der Waals surface area contributed by atoms with E-state index < -0.39 is 42.0 Å². The summed E-state index contributed by atoms with van der Waals surface area (Å²) in [5, 5.41) is 9.65. The first-order valence-corrected chi connectivity index (χ1v) is 7.18. The van der Waals surface area contributed by atoms with Crippen LogP contribution < -0.4 is 4.74 Å². The molecule has 1 N–H and O–H groups in total. The van der Waals surface area contributed by atoms with Crippen molar-refractivity contribution in [3.8, 4) is 5.75 Å². The highest BCUT2D eigenvalue weighted by atomic mass is 19.4. The van der Waals surface area contributed by atoms with Gasteiger partial charge >= 0.3 is 23.9 Å². The normalized spacial score (nSPS) is 15.3. The van der Waals surface area contributed by atoms with Crippen LogP contribution in [0.15, 0.2) is 24.3 Å². The molecule has 26 heavy (non-hydrogen) atoms. The molecule has 1 rings (SSSR count). The van der Waals surface area contributed by atoms with Gasteiger partial charge in [-0.2, -0.15) is 39.5 Å². The van der Waals surface area contributed by atoms with E-state index in [9.17, 15) is 44.6 Å². The highest BCUT2D eigenvalue weighted by Gasteiger charge is 2.81. The van der Waals surface area contributed by atoms with Crippen LogP contribution >= 0.6 is 0 Å². The number of halogens is 9. The first-order valence-electron chi connectivity index (χ1n) is 7.18. The fourth-order valence-electron chi connectivity index (χ4n) is 1.96. The zero-order valence-electron chi connectivity index (χ0n) is 13.4. The van der Waals surface area contributed by atoms with Crippen LogP contribution in [-0.4, -0.2) is 35.2 Å². The fourth-order valence-corrected chi connectivity index (χ4v) is 1.96. The second kappa shape index (κ2) is 7.16. The summed E-state index contributed by atoms with van der Waals surface area (Å²) < 4.78 is 121. The van der Waals surface area contributed by atoms with Gasteiger partial charge in [-0.1, -0.05) is 12.1 Å². The Hall–Kier alpha value is -1.65. The molecular weight excluding hydrogens is 383 g/mol. The van der Waals surface area contributed by atoms with Crippen LogP contribution in [0.3, 0.4) is 0 Å². The van der Waals surface area contributed by atoms with Crippen LogP contribution in [0.4, 0.5) is 39.5 Å². The summed E-state index contributed by atoms with van der Waals surface area (Å²) >= 11 is 0. The Bertz CT molecular complexity index is 611. The quantitative estimate of drug-likeness (QED) is 0.627. The van der Waals surface area contributed by atoms with Crippen LogP contribution in [0.5, 0.6) is 5.75 Å². The average molecular weight is 398 g/mol. The monoisotopic (exact) mass is 398 g/mol. The Morgan fingerprint density at radius 1 is 0.923 bits per heavy atom. The van der Waals surface area contributed by atoms with Crippen molar-refractivity contribution in [2.24, 2.45) is 0 Å². The van der Waals surface area contributed by atoms with Crippen molar-refractivity contribution >= 4 is 0 Å². The summed E-state index contributed by atoms with van der Waals surface area (Å²) in [6, 6.07) is 4.55. The Labute approximate surface area is 142 Å². The van der Waals surface area contributed by atoms with E-state index in [0.717, 1.165) is 12.1 Å². The van der Waals surface area contributed by atoms with E-state index in [4.69, 9.17) is 4.74 Å². The van der Waals surface area contributed by atoms with Crippen molar-refractivity contribution in [2.45, 2.75) is 56.4 Å². The molecule has 0 fully saturated rings. The van der Waals surface area contributed by atoms with Crippen LogP contribution in [0.1, 0.15) is 31.9 Å². The minimum Gasteiger partial charge on any atom is -0.491 e. The molecule has 0 radical (unpaired) electrons. The molecule has 0 spiro atoms. The van der Waals surface area contributed by atoms with E-state index in [-0.39, 0.29) is 11.9 Å². The van der Waals surface area contributed by atoms with Gasteiger partial charge in [-0.05, 0) is 31.5 Å². The average Bonchev–Trinajstić information content (AvgIpc) is 2.44. The molecule has 0 aromatic heterocycles. The number of hydrogen-bond acceptors (Lipinski definition) is 2. The highest BCUT2D eigenvalue weighted by Crippen LogP contribution is 2.55. The summed E-state index contributed by atoms with van der Waals surface area (Å²) in [5.41, 5.74) is -0.408. The third-order valence-corrected chi connectivity index (χ3v) is 3.27. The summed E-state index contributed by atoms with van der Waals surface area (Å²) in [6.07, 6.45) is -12.0. The second-order valence-corrected chi connectivity index (χ2v) is 5.81. The topological polar surface area (TPSA) is 29.5 Å². The molecule has 0 heterocycles. The maximum atomic E-state index is 13.6. The van der Waals surface area contributed by atoms with Gasteiger partial charge in [0.25, 0.3) is 0 Å². The minimum absolute atomic E-state index is 0.0623. The Kier molecular flexibility index (Phi) is 6.17. The summed E-state index contributed by atoms with van der Waals surface area (Å²) in [6.45, 7) is 3.22. The summed E-state index contributed by atoms with van der Waals surface area (Å²) in [5.74, 6) is -19.5. The second-order valence-electron chi connectivity index (χ2n) is 5.81. The Morgan fingerprint density at radius 3 is 1.92 bits per heavy atom. The fraction of sp³-hybridized carbons (Fsp3) is 0.600. The standard InChI is InChI=1S/C15H15F9O2/c1-8(2)26-10-5-3-4-9(6-10)11(25)7-12(16,17)13(18,19)14(20,21)15(22,23)24/h3-6,8,11,25H,7H2,1-2H3. The molecule has 1 atom stereocenters. The smallest absolute Gasteiger partial charge is 0.460 e. The number of aliphatic hydroxyl groups is 1. The van der Waals surface area contributed by atoms with Crippen molar-refractivity contribution in [3.05, 3.63) is 29.8 Å². The largest absolute Gasteiger partial charge is 0.491 e. The van der Waals surface area contributed by atoms with E-state index in [1.54, 1.807) is 13.8 Å². The SMILES string of the molecule is CC(C)Oc1cccc(C(O)CC(F)(F)C(F)(F)C(F)(F)C(F)(F)F)c1. The number of hydrogen-bond donors (Lipinski definition) is 1. The van der Waals surface area contributed by atoms with E-state index in [0.29, 0.717) is 0 Å². The van der Waals surface area contributed by atoms with E-state index in [1.165, 1.54) is 12.1 Å². The molecule has 2 nitrogen and oxygen atoms in total. The molecule has 0 aliphatic rings. The van der Waals surface area contributed by atoms with Crippen molar-refractivity contribution in [2.75, 3.05) is 0 Å². The van der Waals surface area contributed by atoms with E-state index in [1.807, 2.05) is 0 Å². The van der Waals surface area contributed by atoms with Gasteiger partial charge < -0.3 is 9.84 Å². The molecule has 1 unspecified atom stereocenters. The lowest BCUT2D eigenvalue weighted by atomic mass is 9.95. The maximum Gasteiger partial charge on any atom is 0.460 e. The van der Waals surface area contributed by atoms with Crippen LogP contribution in [0.2, 0.25) is 0 Å². The lowest BCUT2D eigenvalue weighted by Crippen LogP contribution is -2.61. The van der Waals surface area contributed by atoms with Gasteiger partial charge in [-0.3, -0.25) is 0 Å². The predicted molar refractivity (Wildman–Crippen MR) is 72.7 cm³/mol. The molecule has 150 valence electrons. The van der Waals surface area contributed by atoms with Gasteiger partial charge in [0.15, 0.2) is 0 Å². The zero-order valence-corrected chi connectivity index (χ0v) is 13.4. The number of ether oxygens (including phenoxy) is 1. The van der Waals surface area contributed by atoms with Crippen molar-refractivity contribution in [1.29, 1.82) is 0 Å². The number of alkyl halides is 9. The maximum absolute atomic E-state index is 13.6. The molecule has 1 aromatic carbocycles. The van der Waals surface area contributed by atoms with Gasteiger partial charge in [0, 0.05) is 6.42 Å². The molecule has 0 bridgehead atoms. The van der Waals surface area contributed by atoms with Crippen molar-refractivity contribution in [1.82, 2.24) is 0 Å². The van der Waals surface area contributed by atoms with E-state index >= 15 is 0 Å². The molecular formula is C15H15F9O2. The van der Waals surface area contributed by atoms with Crippen LogP contribution in [-0.2, 0) is 0 Å². The lowest BCUT2D eigenvalue weighted by Gasteiger charge is -2.34. The van der Waals surface area contributed by atoms with Crippen LogP contribution in [0, 0.1) is 0 Å². The Balaban J connectivity index is 3.09. The lowest BCUT2D eigenvalue weighted by molar-refractivity contribution is -0.398. The summed E-state index contributed by atoms with van der Waals surface area (Å²) in [7, 11) is 0. The molecule has 0 aliphatic heterocycles. The molecule has 0 saturated carbocycles. The zero-order chi connectivity index (χ0) is 20.6. The first-order chi connectivity index (χ1) is 11.5. The molecule has 0 saturated heterocycles. The molecule has 11 heteroatoms. The predicted octanol–water partition coefficient (Wildman–Crippen LogP) is 5.37. The number of rotatable bonds is 7. The van der Waals surface area contributed by atoms with Gasteiger partial charge in [0.05, 0.1) is 12.2 Å². The third kappa shape index (κ3) is 4.36. The van der Waals surface area contributed by atoms with Crippen molar-refractivity contribution < 1.29 is 49.4 Å². The van der Waals surface area contributed by atoms with Gasteiger partial charge in [-0.25, -0.2) is 0 Å².